The van der Waals surface area contributed by atoms with Crippen molar-refractivity contribution < 1.29 is 8.42 Å². The lowest BCUT2D eigenvalue weighted by atomic mass is 10.3. The van der Waals surface area contributed by atoms with Gasteiger partial charge < -0.3 is 0 Å². The second kappa shape index (κ2) is 2.64. The van der Waals surface area contributed by atoms with Crippen molar-refractivity contribution in [1.29, 1.82) is 5.26 Å². The first-order valence-corrected chi connectivity index (χ1v) is 4.73. The molecule has 0 radical (unpaired) electrons. The van der Waals surface area contributed by atoms with Gasteiger partial charge in [-0.1, -0.05) is 6.08 Å². The second-order valence-electron chi connectivity index (χ2n) is 2.28. The molecule has 1 atom stereocenters. The maximum absolute atomic E-state index is 10.9. The number of nitrogens with zero attached hydrogens (tertiary/aromatic N) is 2. The van der Waals surface area contributed by atoms with Crippen molar-refractivity contribution in [2.75, 3.05) is 12.3 Å². The minimum absolute atomic E-state index is 0.0443. The predicted octanol–water partition coefficient (Wildman–Crippen LogP) is -0.290. The minimum atomic E-state index is -3.11. The van der Waals surface area contributed by atoms with Gasteiger partial charge in [0.15, 0.2) is 0 Å². The van der Waals surface area contributed by atoms with Crippen LogP contribution in [0.5, 0.6) is 0 Å². The van der Waals surface area contributed by atoms with E-state index in [1.54, 1.807) is 0 Å². The highest BCUT2D eigenvalue weighted by molar-refractivity contribution is 7.90. The third-order valence-electron chi connectivity index (χ3n) is 1.53. The summed E-state index contributed by atoms with van der Waals surface area (Å²) < 4.78 is 22.9. The Hall–Kier alpha value is -0.860. The molecule has 0 aliphatic carbocycles. The summed E-state index contributed by atoms with van der Waals surface area (Å²) >= 11 is 0. The van der Waals surface area contributed by atoms with Crippen molar-refractivity contribution in [3.63, 3.8) is 0 Å². The van der Waals surface area contributed by atoms with Crippen LogP contribution in [0, 0.1) is 11.3 Å². The van der Waals surface area contributed by atoms with Crippen LogP contribution >= 0.6 is 0 Å². The summed E-state index contributed by atoms with van der Waals surface area (Å²) in [4.78, 5) is 0. The molecular formula is C6H8N2O2S. The van der Waals surface area contributed by atoms with Gasteiger partial charge in [-0.05, 0) is 0 Å². The lowest BCUT2D eigenvalue weighted by molar-refractivity contribution is 0.362. The summed E-state index contributed by atoms with van der Waals surface area (Å²) in [5.74, 6) is -0.0443. The summed E-state index contributed by atoms with van der Waals surface area (Å²) in [7, 11) is -3.11. The van der Waals surface area contributed by atoms with E-state index in [-0.39, 0.29) is 12.3 Å². The molecule has 0 aromatic heterocycles. The number of hydrogen-bond donors (Lipinski definition) is 0. The second-order valence-corrected chi connectivity index (χ2v) is 4.25. The average Bonchev–Trinajstić information content (AvgIpc) is 1.96. The van der Waals surface area contributed by atoms with Crippen LogP contribution in [-0.4, -0.2) is 31.1 Å². The van der Waals surface area contributed by atoms with Crippen molar-refractivity contribution in [3.8, 4) is 6.07 Å². The van der Waals surface area contributed by atoms with Crippen LogP contribution in [0.3, 0.4) is 0 Å². The van der Waals surface area contributed by atoms with Crippen LogP contribution in [0.1, 0.15) is 0 Å². The van der Waals surface area contributed by atoms with E-state index in [9.17, 15) is 8.42 Å². The Morgan fingerprint density at radius 1 is 1.82 bits per heavy atom. The average molecular weight is 172 g/mol. The van der Waals surface area contributed by atoms with E-state index >= 15 is 0 Å². The highest BCUT2D eigenvalue weighted by Gasteiger charge is 2.42. The Kier molecular flexibility index (Phi) is 1.98. The van der Waals surface area contributed by atoms with Gasteiger partial charge >= 0.3 is 0 Å². The summed E-state index contributed by atoms with van der Waals surface area (Å²) in [5, 5.41) is 8.42. The molecule has 11 heavy (non-hydrogen) atoms. The molecular weight excluding hydrogens is 164 g/mol. The Bertz CT molecular complexity index is 301. The van der Waals surface area contributed by atoms with E-state index in [2.05, 4.69) is 6.58 Å². The fraction of sp³-hybridized carbons (Fsp3) is 0.500. The quantitative estimate of drug-likeness (QED) is 0.538. The zero-order valence-electron chi connectivity index (χ0n) is 5.90. The van der Waals surface area contributed by atoms with Crippen molar-refractivity contribution in [2.24, 2.45) is 0 Å². The molecule has 1 heterocycles. The zero-order chi connectivity index (χ0) is 8.48. The first-order valence-electron chi connectivity index (χ1n) is 3.12. The van der Waals surface area contributed by atoms with Gasteiger partial charge in [-0.25, -0.2) is 8.42 Å². The molecule has 0 spiro atoms. The fourth-order valence-corrected chi connectivity index (χ4v) is 2.39. The largest absolute Gasteiger partial charge is 0.218 e. The summed E-state index contributed by atoms with van der Waals surface area (Å²) in [5.41, 5.74) is 0. The third kappa shape index (κ3) is 1.27. The molecule has 5 heteroatoms. The summed E-state index contributed by atoms with van der Waals surface area (Å²) in [6.07, 6.45) is 1.47. The van der Waals surface area contributed by atoms with Gasteiger partial charge in [0.25, 0.3) is 0 Å². The van der Waals surface area contributed by atoms with Crippen molar-refractivity contribution in [2.45, 2.75) is 6.04 Å². The summed E-state index contributed by atoms with van der Waals surface area (Å²) in [6.45, 7) is 3.64. The van der Waals surface area contributed by atoms with Crippen LogP contribution in [0.25, 0.3) is 0 Å². The fourth-order valence-electron chi connectivity index (χ4n) is 0.957. The van der Waals surface area contributed by atoms with Gasteiger partial charge in [0.1, 0.15) is 6.04 Å². The molecule has 0 amide bonds. The molecule has 1 rings (SSSR count). The Balaban J connectivity index is 2.74. The SMILES string of the molecule is C=CCN1C(C#N)CS1(=O)=O. The van der Waals surface area contributed by atoms with Gasteiger partial charge in [0.05, 0.1) is 11.8 Å². The van der Waals surface area contributed by atoms with E-state index in [1.165, 1.54) is 6.08 Å². The molecule has 0 aromatic rings. The lowest BCUT2D eigenvalue weighted by Crippen LogP contribution is -2.55. The van der Waals surface area contributed by atoms with Crippen LogP contribution in [0.2, 0.25) is 0 Å². The first-order chi connectivity index (χ1) is 5.11. The number of nitriles is 1. The molecule has 1 unspecified atom stereocenters. The van der Waals surface area contributed by atoms with Gasteiger partial charge in [0.2, 0.25) is 10.0 Å². The maximum atomic E-state index is 10.9. The van der Waals surface area contributed by atoms with Crippen molar-refractivity contribution in [1.82, 2.24) is 4.31 Å². The highest BCUT2D eigenvalue weighted by atomic mass is 32.2. The standard InChI is InChI=1S/C6H8N2O2S/c1-2-3-8-6(4-7)5-11(8,9)10/h2,6H,1,3,5H2. The topological polar surface area (TPSA) is 61.2 Å². The molecule has 1 aliphatic heterocycles. The van der Waals surface area contributed by atoms with Crippen LogP contribution in [0.15, 0.2) is 12.7 Å². The number of hydrogen-bond acceptors (Lipinski definition) is 3. The van der Waals surface area contributed by atoms with Crippen LogP contribution in [-0.2, 0) is 10.0 Å². The van der Waals surface area contributed by atoms with E-state index < -0.39 is 16.1 Å². The van der Waals surface area contributed by atoms with Crippen molar-refractivity contribution in [3.05, 3.63) is 12.7 Å². The number of rotatable bonds is 2. The highest BCUT2D eigenvalue weighted by Crippen LogP contribution is 2.20. The Labute approximate surface area is 65.8 Å². The maximum Gasteiger partial charge on any atom is 0.218 e. The van der Waals surface area contributed by atoms with Crippen molar-refractivity contribution >= 4 is 10.0 Å². The van der Waals surface area contributed by atoms with E-state index in [4.69, 9.17) is 5.26 Å². The first kappa shape index (κ1) is 8.24. The molecule has 1 saturated heterocycles. The molecule has 4 nitrogen and oxygen atoms in total. The van der Waals surface area contributed by atoms with Gasteiger partial charge in [0, 0.05) is 6.54 Å². The molecule has 1 fully saturated rings. The molecule has 0 N–H and O–H groups in total. The van der Waals surface area contributed by atoms with Gasteiger partial charge in [-0.15, -0.1) is 6.58 Å². The summed E-state index contributed by atoms with van der Waals surface area (Å²) in [6, 6.07) is 1.42. The monoisotopic (exact) mass is 172 g/mol. The molecule has 1 aliphatic rings. The molecule has 0 bridgehead atoms. The Morgan fingerprint density at radius 2 is 2.45 bits per heavy atom. The predicted molar refractivity (Wildman–Crippen MR) is 40.1 cm³/mol. The number of sulfonamides is 1. The molecule has 60 valence electrons. The van der Waals surface area contributed by atoms with Gasteiger partial charge in [-0.3, -0.25) is 0 Å². The zero-order valence-corrected chi connectivity index (χ0v) is 6.71. The molecule has 0 aromatic carbocycles. The van der Waals surface area contributed by atoms with Crippen LogP contribution < -0.4 is 0 Å². The van der Waals surface area contributed by atoms with Gasteiger partial charge in [-0.2, -0.15) is 9.57 Å². The van der Waals surface area contributed by atoms with E-state index in [0.717, 1.165) is 4.31 Å². The van der Waals surface area contributed by atoms with E-state index in [0.29, 0.717) is 0 Å². The molecule has 0 saturated carbocycles. The third-order valence-corrected chi connectivity index (χ3v) is 3.39. The van der Waals surface area contributed by atoms with Crippen LogP contribution in [0.4, 0.5) is 0 Å². The smallest absolute Gasteiger partial charge is 0.212 e. The lowest BCUT2D eigenvalue weighted by Gasteiger charge is -2.34. The minimum Gasteiger partial charge on any atom is -0.212 e. The van der Waals surface area contributed by atoms with E-state index in [1.807, 2.05) is 6.07 Å². The normalized spacial score (nSPS) is 28.5. The Morgan fingerprint density at radius 3 is 2.82 bits per heavy atom.